The Balaban J connectivity index is 1.44. The van der Waals surface area contributed by atoms with Gasteiger partial charge < -0.3 is 15.0 Å². The van der Waals surface area contributed by atoms with Crippen LogP contribution in [0.3, 0.4) is 0 Å². The number of anilines is 1. The van der Waals surface area contributed by atoms with Gasteiger partial charge in [0.25, 0.3) is 0 Å². The highest BCUT2D eigenvalue weighted by Gasteiger charge is 2.37. The fourth-order valence-electron chi connectivity index (χ4n) is 3.88. The first kappa shape index (κ1) is 17.2. The monoisotopic (exact) mass is 337 g/mol. The molecule has 0 amide bonds. The molecule has 2 fully saturated rings. The molecule has 1 N–H and O–H groups in total. The van der Waals surface area contributed by atoms with E-state index in [0.717, 1.165) is 31.9 Å². The zero-order valence-electron chi connectivity index (χ0n) is 15.0. The van der Waals surface area contributed by atoms with Crippen molar-refractivity contribution in [3.05, 3.63) is 11.1 Å². The van der Waals surface area contributed by atoms with Gasteiger partial charge in [-0.2, -0.15) is 0 Å². The van der Waals surface area contributed by atoms with Crippen molar-refractivity contribution in [1.82, 2.24) is 10.3 Å². The van der Waals surface area contributed by atoms with E-state index in [4.69, 9.17) is 4.74 Å². The van der Waals surface area contributed by atoms with Gasteiger partial charge in [0, 0.05) is 43.6 Å². The van der Waals surface area contributed by atoms with Crippen LogP contribution in [-0.2, 0) is 4.74 Å². The van der Waals surface area contributed by atoms with Crippen LogP contribution >= 0.6 is 11.3 Å². The maximum Gasteiger partial charge on any atom is 0.185 e. The lowest BCUT2D eigenvalue weighted by Gasteiger charge is -2.35. The van der Waals surface area contributed by atoms with Crippen LogP contribution in [0.25, 0.3) is 0 Å². The smallest absolute Gasteiger partial charge is 0.185 e. The number of nitrogens with one attached hydrogen (secondary N) is 1. The summed E-state index contributed by atoms with van der Waals surface area (Å²) in [6.07, 6.45) is 4.03. The summed E-state index contributed by atoms with van der Waals surface area (Å²) in [5.41, 5.74) is 1.38. The second-order valence-corrected chi connectivity index (χ2v) is 8.98. The number of hydrogen-bond acceptors (Lipinski definition) is 5. The number of thiazole rings is 1. The van der Waals surface area contributed by atoms with Crippen LogP contribution in [0, 0.1) is 18.3 Å². The van der Waals surface area contributed by atoms with Crippen molar-refractivity contribution in [2.45, 2.75) is 59.1 Å². The van der Waals surface area contributed by atoms with Gasteiger partial charge in [-0.25, -0.2) is 4.98 Å². The molecule has 3 heterocycles. The molecular formula is C18H31N3OS. The number of aryl methyl sites for hydroxylation is 1. The Morgan fingerprint density at radius 2 is 2.04 bits per heavy atom. The van der Waals surface area contributed by atoms with Crippen molar-refractivity contribution in [2.75, 3.05) is 31.1 Å². The van der Waals surface area contributed by atoms with Gasteiger partial charge in [0.15, 0.2) is 5.13 Å². The topological polar surface area (TPSA) is 37.4 Å². The largest absolute Gasteiger partial charge is 0.377 e. The number of ether oxygens (including phenoxy) is 1. The molecule has 2 aliphatic heterocycles. The standard InChI is InChI=1S/C18H31N3OS/c1-13-12-23-17(20-13)21-8-5-15(6-9-21)19-11-14-7-10-22-16(14)18(2,3)4/h12,14-16,19H,5-11H2,1-4H3/t14-,16+/m1/s1. The van der Waals surface area contributed by atoms with Crippen LogP contribution in [-0.4, -0.2) is 43.4 Å². The highest BCUT2D eigenvalue weighted by atomic mass is 32.1. The van der Waals surface area contributed by atoms with Gasteiger partial charge in [0.2, 0.25) is 0 Å². The molecule has 0 bridgehead atoms. The lowest BCUT2D eigenvalue weighted by Crippen LogP contribution is -2.45. The van der Waals surface area contributed by atoms with Crippen molar-refractivity contribution >= 4 is 16.5 Å². The number of rotatable bonds is 4. The van der Waals surface area contributed by atoms with Crippen LogP contribution in [0.15, 0.2) is 5.38 Å². The van der Waals surface area contributed by atoms with Gasteiger partial charge in [0.05, 0.1) is 11.8 Å². The van der Waals surface area contributed by atoms with Crippen molar-refractivity contribution in [1.29, 1.82) is 0 Å². The molecule has 2 saturated heterocycles. The Morgan fingerprint density at radius 3 is 2.65 bits per heavy atom. The van der Waals surface area contributed by atoms with E-state index in [0.29, 0.717) is 18.1 Å². The first-order valence-electron chi connectivity index (χ1n) is 8.95. The van der Waals surface area contributed by atoms with Crippen LogP contribution in [0.4, 0.5) is 5.13 Å². The molecule has 1 aromatic heterocycles. The fraction of sp³-hybridized carbons (Fsp3) is 0.833. The fourth-order valence-corrected chi connectivity index (χ4v) is 4.74. The van der Waals surface area contributed by atoms with Crippen molar-refractivity contribution in [3.8, 4) is 0 Å². The average molecular weight is 338 g/mol. The number of piperidine rings is 1. The van der Waals surface area contributed by atoms with E-state index in [9.17, 15) is 0 Å². The maximum absolute atomic E-state index is 5.99. The quantitative estimate of drug-likeness (QED) is 0.913. The van der Waals surface area contributed by atoms with E-state index in [1.807, 2.05) is 0 Å². The third-order valence-corrected chi connectivity index (χ3v) is 6.13. The van der Waals surface area contributed by atoms with E-state index in [-0.39, 0.29) is 5.41 Å². The predicted molar refractivity (Wildman–Crippen MR) is 97.4 cm³/mol. The molecule has 3 rings (SSSR count). The van der Waals surface area contributed by atoms with E-state index >= 15 is 0 Å². The molecule has 5 heteroatoms. The number of hydrogen-bond donors (Lipinski definition) is 1. The number of nitrogens with zero attached hydrogens (tertiary/aromatic N) is 2. The second kappa shape index (κ2) is 7.08. The van der Waals surface area contributed by atoms with Gasteiger partial charge in [-0.3, -0.25) is 0 Å². The molecule has 0 aromatic carbocycles. The Bertz CT molecular complexity index is 503. The Kier molecular flexibility index (Phi) is 5.29. The Labute approximate surface area is 144 Å². The zero-order chi connectivity index (χ0) is 16.4. The molecule has 0 unspecified atom stereocenters. The van der Waals surface area contributed by atoms with Crippen LogP contribution in [0.5, 0.6) is 0 Å². The molecule has 130 valence electrons. The average Bonchev–Trinajstić information content (AvgIpc) is 3.14. The molecule has 0 spiro atoms. The first-order chi connectivity index (χ1) is 10.9. The molecule has 0 radical (unpaired) electrons. The summed E-state index contributed by atoms with van der Waals surface area (Å²) in [6.45, 7) is 13.2. The lowest BCUT2D eigenvalue weighted by atomic mass is 9.81. The predicted octanol–water partition coefficient (Wildman–Crippen LogP) is 3.46. The van der Waals surface area contributed by atoms with E-state index in [2.05, 4.69) is 48.3 Å². The van der Waals surface area contributed by atoms with E-state index in [1.54, 1.807) is 11.3 Å². The minimum absolute atomic E-state index is 0.245. The maximum atomic E-state index is 5.99. The third kappa shape index (κ3) is 4.25. The van der Waals surface area contributed by atoms with Crippen LogP contribution in [0.2, 0.25) is 0 Å². The van der Waals surface area contributed by atoms with Gasteiger partial charge >= 0.3 is 0 Å². The highest BCUT2D eigenvalue weighted by Crippen LogP contribution is 2.34. The summed E-state index contributed by atoms with van der Waals surface area (Å²) in [5.74, 6) is 0.662. The van der Waals surface area contributed by atoms with Gasteiger partial charge in [0.1, 0.15) is 0 Å². The van der Waals surface area contributed by atoms with Crippen molar-refractivity contribution < 1.29 is 4.74 Å². The van der Waals surface area contributed by atoms with Crippen molar-refractivity contribution in [2.24, 2.45) is 11.3 Å². The zero-order valence-corrected chi connectivity index (χ0v) is 15.8. The van der Waals surface area contributed by atoms with Crippen LogP contribution < -0.4 is 10.2 Å². The number of aromatic nitrogens is 1. The highest BCUT2D eigenvalue weighted by molar-refractivity contribution is 7.13. The summed E-state index contributed by atoms with van der Waals surface area (Å²) in [6, 6.07) is 0.647. The summed E-state index contributed by atoms with van der Waals surface area (Å²) < 4.78 is 5.99. The first-order valence-corrected chi connectivity index (χ1v) is 9.83. The van der Waals surface area contributed by atoms with Gasteiger partial charge in [-0.15, -0.1) is 11.3 Å². The van der Waals surface area contributed by atoms with Gasteiger partial charge in [-0.1, -0.05) is 20.8 Å². The molecule has 2 atom stereocenters. The SMILES string of the molecule is Cc1csc(N2CCC(NC[C@H]3CCO[C@@H]3C(C)(C)C)CC2)n1. The third-order valence-electron chi connectivity index (χ3n) is 5.11. The molecule has 0 aliphatic carbocycles. The van der Waals surface area contributed by atoms with Crippen molar-refractivity contribution in [3.63, 3.8) is 0 Å². The molecular weight excluding hydrogens is 306 g/mol. The van der Waals surface area contributed by atoms with Crippen LogP contribution in [0.1, 0.15) is 45.7 Å². The Hall–Kier alpha value is -0.650. The second-order valence-electron chi connectivity index (χ2n) is 8.15. The molecule has 0 saturated carbocycles. The summed E-state index contributed by atoms with van der Waals surface area (Å²) >= 11 is 1.77. The minimum Gasteiger partial charge on any atom is -0.377 e. The van der Waals surface area contributed by atoms with Gasteiger partial charge in [-0.05, 0) is 31.6 Å². The minimum atomic E-state index is 0.245. The summed E-state index contributed by atoms with van der Waals surface area (Å²) in [5, 5.41) is 7.16. The molecule has 1 aromatic rings. The summed E-state index contributed by atoms with van der Waals surface area (Å²) in [4.78, 5) is 7.05. The molecule has 23 heavy (non-hydrogen) atoms. The normalized spacial score (nSPS) is 26.9. The lowest BCUT2D eigenvalue weighted by molar-refractivity contribution is 0.00666. The van der Waals surface area contributed by atoms with E-state index < -0.39 is 0 Å². The molecule has 2 aliphatic rings. The molecule has 4 nitrogen and oxygen atoms in total. The summed E-state index contributed by atoms with van der Waals surface area (Å²) in [7, 11) is 0. The Morgan fingerprint density at radius 1 is 1.30 bits per heavy atom. The van der Waals surface area contributed by atoms with E-state index in [1.165, 1.54) is 24.4 Å².